The second kappa shape index (κ2) is 26.8. The van der Waals surface area contributed by atoms with E-state index in [-0.39, 0.29) is 23.2 Å². The van der Waals surface area contributed by atoms with Gasteiger partial charge in [-0.1, -0.05) is 73.2 Å². The number of nitrogens with zero attached hydrogens (tertiary/aromatic N) is 1. The molecule has 0 bridgehead atoms. The van der Waals surface area contributed by atoms with Gasteiger partial charge in [-0.05, 0) is 85.6 Å². The average Bonchev–Trinajstić information content (AvgIpc) is 3.21. The number of primary amides is 1. The van der Waals surface area contributed by atoms with E-state index in [4.69, 9.17) is 20.3 Å². The summed E-state index contributed by atoms with van der Waals surface area (Å²) in [6.45, 7) is 4.04. The van der Waals surface area contributed by atoms with Gasteiger partial charge in [-0.25, -0.2) is 4.79 Å². The number of nitrogens with one attached hydrogen (secondary N) is 2. The van der Waals surface area contributed by atoms with E-state index in [0.29, 0.717) is 12.7 Å². The number of ether oxygens (including phenoxy) is 2. The van der Waals surface area contributed by atoms with Crippen molar-refractivity contribution in [2.75, 3.05) is 45.1 Å². The van der Waals surface area contributed by atoms with Crippen LogP contribution >= 0.6 is 0 Å². The molecule has 12 heteroatoms. The van der Waals surface area contributed by atoms with E-state index in [1.165, 1.54) is 16.8 Å². The van der Waals surface area contributed by atoms with Crippen LogP contribution in [-0.2, 0) is 16.0 Å². The molecule has 5 aromatic rings. The number of carbonyl (C=O) groups is 5. The maximum absolute atomic E-state index is 11.5. The maximum atomic E-state index is 11.5. The van der Waals surface area contributed by atoms with Crippen LogP contribution in [0.4, 0.5) is 11.4 Å². The van der Waals surface area contributed by atoms with Gasteiger partial charge in [-0.3, -0.25) is 14.4 Å². The summed E-state index contributed by atoms with van der Waals surface area (Å²) < 4.78 is 9.96. The predicted octanol–water partition coefficient (Wildman–Crippen LogP) is 6.68. The lowest BCUT2D eigenvalue weighted by molar-refractivity contribution is -0.107. The molecule has 0 saturated carbocycles. The minimum Gasteiger partial charge on any atom is -0.497 e. The summed E-state index contributed by atoms with van der Waals surface area (Å²) in [6.07, 6.45) is 2.26. The van der Waals surface area contributed by atoms with Crippen LogP contribution in [0.25, 0.3) is 0 Å². The lowest BCUT2D eigenvalue weighted by Crippen LogP contribution is -2.26. The number of rotatable bonds is 11. The van der Waals surface area contributed by atoms with Crippen LogP contribution in [-0.4, -0.2) is 70.4 Å². The van der Waals surface area contributed by atoms with Crippen LogP contribution < -0.4 is 30.7 Å². The van der Waals surface area contributed by atoms with E-state index in [0.717, 1.165) is 41.8 Å². The number of anilines is 2. The Hall–Kier alpha value is -6.95. The summed E-state index contributed by atoms with van der Waals surface area (Å²) in [6, 6.07) is 39.1. The van der Waals surface area contributed by atoms with Gasteiger partial charge in [0.15, 0.2) is 0 Å². The normalized spacial score (nSPS) is 9.20. The van der Waals surface area contributed by atoms with Crippen molar-refractivity contribution in [1.29, 1.82) is 0 Å². The molecule has 5 N–H and O–H groups in total. The molecule has 0 saturated heterocycles. The lowest BCUT2D eigenvalue weighted by Gasteiger charge is -2.11. The van der Waals surface area contributed by atoms with Gasteiger partial charge in [0.05, 0.1) is 26.3 Å². The van der Waals surface area contributed by atoms with E-state index < -0.39 is 17.8 Å². The molecule has 55 heavy (non-hydrogen) atoms. The first-order chi connectivity index (χ1) is 26.4. The number of carboxylic acid groups (broad SMARTS) is 1. The highest BCUT2D eigenvalue weighted by atomic mass is 16.5. The monoisotopic (exact) mass is 750 g/mol. The molecule has 0 unspecified atom stereocenters. The first-order valence-corrected chi connectivity index (χ1v) is 17.0. The number of amides is 3. The van der Waals surface area contributed by atoms with Gasteiger partial charge in [0.1, 0.15) is 17.8 Å². The summed E-state index contributed by atoms with van der Waals surface area (Å²) in [5.41, 5.74) is 9.34. The number of nitrogens with two attached hydrogens (primary N) is 1. The van der Waals surface area contributed by atoms with Gasteiger partial charge < -0.3 is 40.6 Å². The number of carbonyl (C=O) groups excluding carboxylic acids is 4. The van der Waals surface area contributed by atoms with E-state index in [1.54, 1.807) is 38.5 Å². The standard InChI is InChI=1S/C11H10N2O5.C9H13NO.C8H9NO2.C8H10.C7H8/c12-9(15)6-3-7(10(16)13-1-2-14)5-8(4-6)11(17)18;1-10(2)8-4-6-9(11-3)7-5-8;1-11-8-4-2-7(3-5-8)9-6-10;1-2-8-6-4-3-5-7-8;1-7-5-3-2-4-6-7/h2-5H,1H2,(H2,12,15)(H,13,16)(H,17,18);4-7H,1-3H3;2-6H,1H3,(H,9,10);3-7H,2H2,1H3;2-6H,1H3. The summed E-state index contributed by atoms with van der Waals surface area (Å²) in [4.78, 5) is 55.5. The minimum absolute atomic E-state index is 0.0504. The largest absolute Gasteiger partial charge is 0.497 e. The zero-order valence-electron chi connectivity index (χ0n) is 32.0. The summed E-state index contributed by atoms with van der Waals surface area (Å²) in [5.74, 6) is -1.12. The van der Waals surface area contributed by atoms with E-state index in [1.807, 2.05) is 62.6 Å². The quantitative estimate of drug-likeness (QED) is 0.107. The third kappa shape index (κ3) is 19.5. The van der Waals surface area contributed by atoms with E-state index in [9.17, 15) is 24.0 Å². The molecule has 0 fully saturated rings. The van der Waals surface area contributed by atoms with Gasteiger partial charge >= 0.3 is 5.97 Å². The number of methoxy groups -OCH3 is 2. The molecule has 0 aliphatic carbocycles. The molecule has 3 amide bonds. The Morgan fingerprint density at radius 1 is 0.727 bits per heavy atom. The van der Waals surface area contributed by atoms with Crippen molar-refractivity contribution < 1.29 is 38.6 Å². The molecule has 0 heterocycles. The Labute approximate surface area is 322 Å². The second-order valence-electron chi connectivity index (χ2n) is 11.4. The number of aryl methyl sites for hydroxylation is 2. The number of benzene rings is 5. The highest BCUT2D eigenvalue weighted by Crippen LogP contribution is 2.17. The number of aldehydes is 1. The first-order valence-electron chi connectivity index (χ1n) is 17.0. The predicted molar refractivity (Wildman–Crippen MR) is 217 cm³/mol. The fraction of sp³-hybridized carbons (Fsp3) is 0.186. The zero-order chi connectivity index (χ0) is 41.0. The number of hydrogen-bond donors (Lipinski definition) is 4. The summed E-state index contributed by atoms with van der Waals surface area (Å²) in [7, 11) is 7.30. The number of hydrogen-bond acceptors (Lipinski definition) is 8. The average molecular weight is 751 g/mol. The van der Waals surface area contributed by atoms with Crippen LogP contribution in [0.2, 0.25) is 0 Å². The van der Waals surface area contributed by atoms with Gasteiger partial charge in [0.25, 0.3) is 5.91 Å². The Balaban J connectivity index is 0.000000358. The van der Waals surface area contributed by atoms with Crippen molar-refractivity contribution in [3.8, 4) is 11.5 Å². The Morgan fingerprint density at radius 2 is 1.22 bits per heavy atom. The van der Waals surface area contributed by atoms with Crippen LogP contribution in [0.1, 0.15) is 49.1 Å². The molecule has 12 nitrogen and oxygen atoms in total. The van der Waals surface area contributed by atoms with Crippen LogP contribution in [0, 0.1) is 6.92 Å². The van der Waals surface area contributed by atoms with Crippen LogP contribution in [0.15, 0.2) is 127 Å². The lowest BCUT2D eigenvalue weighted by atomic mass is 10.0. The van der Waals surface area contributed by atoms with Gasteiger partial charge in [-0.2, -0.15) is 0 Å². The second-order valence-corrected chi connectivity index (χ2v) is 11.4. The molecule has 5 aromatic carbocycles. The smallest absolute Gasteiger partial charge is 0.335 e. The van der Waals surface area contributed by atoms with E-state index in [2.05, 4.69) is 65.8 Å². The highest BCUT2D eigenvalue weighted by Gasteiger charge is 2.14. The summed E-state index contributed by atoms with van der Waals surface area (Å²) in [5, 5.41) is 13.6. The molecule has 5 rings (SSSR count). The van der Waals surface area contributed by atoms with Crippen molar-refractivity contribution in [3.63, 3.8) is 0 Å². The Bertz CT molecular complexity index is 1840. The highest BCUT2D eigenvalue weighted by molar-refractivity contribution is 6.03. The molecule has 0 aliphatic rings. The molecular weight excluding hydrogens is 700 g/mol. The Morgan fingerprint density at radius 3 is 1.60 bits per heavy atom. The van der Waals surface area contributed by atoms with Crippen molar-refractivity contribution in [2.45, 2.75) is 20.3 Å². The first kappa shape index (κ1) is 46.1. The van der Waals surface area contributed by atoms with Crippen molar-refractivity contribution in [3.05, 3.63) is 155 Å². The summed E-state index contributed by atoms with van der Waals surface area (Å²) >= 11 is 0. The van der Waals surface area contributed by atoms with Crippen LogP contribution in [0.5, 0.6) is 11.5 Å². The van der Waals surface area contributed by atoms with Crippen LogP contribution in [0.3, 0.4) is 0 Å². The third-order valence-electron chi connectivity index (χ3n) is 7.17. The third-order valence-corrected chi connectivity index (χ3v) is 7.17. The molecule has 0 aliphatic heterocycles. The Kier molecular flexibility index (Phi) is 22.4. The zero-order valence-corrected chi connectivity index (χ0v) is 32.0. The minimum atomic E-state index is -1.29. The van der Waals surface area contributed by atoms with Crippen molar-refractivity contribution in [2.24, 2.45) is 5.73 Å². The fourth-order valence-electron chi connectivity index (χ4n) is 4.14. The SMILES string of the molecule is CCc1ccccc1.COc1ccc(N(C)C)cc1.COc1ccc(NC=O)cc1.Cc1ccccc1.NC(=O)c1cc(C(=O)O)cc(C(=O)NCC=O)c1. The molecule has 0 aromatic heterocycles. The van der Waals surface area contributed by atoms with Crippen molar-refractivity contribution >= 4 is 41.9 Å². The topological polar surface area (TPSA) is 177 Å². The number of aromatic carboxylic acids is 1. The molecule has 0 radical (unpaired) electrons. The van der Waals surface area contributed by atoms with Crippen molar-refractivity contribution in [1.82, 2.24) is 5.32 Å². The molecule has 290 valence electrons. The molecular formula is C43H50N4O8. The molecule has 0 spiro atoms. The fourth-order valence-corrected chi connectivity index (χ4v) is 4.14. The van der Waals surface area contributed by atoms with Gasteiger partial charge in [0, 0.05) is 36.6 Å². The maximum Gasteiger partial charge on any atom is 0.335 e. The van der Waals surface area contributed by atoms with Gasteiger partial charge in [-0.15, -0.1) is 0 Å². The van der Waals surface area contributed by atoms with Gasteiger partial charge in [0.2, 0.25) is 12.3 Å². The van der Waals surface area contributed by atoms with E-state index >= 15 is 0 Å². The molecule has 0 atom stereocenters. The number of carboxylic acids is 1.